The van der Waals surface area contributed by atoms with Crippen LogP contribution in [-0.4, -0.2) is 35.5 Å². The molecule has 1 aliphatic rings. The summed E-state index contributed by atoms with van der Waals surface area (Å²) in [6.45, 7) is 0.440. The normalized spacial score (nSPS) is 19.1. The fraction of sp³-hybridized carbons (Fsp3) is 0.333. The largest absolute Gasteiger partial charge is 0.368 e. The maximum absolute atomic E-state index is 13.5. The van der Waals surface area contributed by atoms with Gasteiger partial charge in [-0.15, -0.1) is 0 Å². The molecule has 2 aromatic rings. The summed E-state index contributed by atoms with van der Waals surface area (Å²) in [6.07, 6.45) is 4.08. The van der Waals surface area contributed by atoms with Gasteiger partial charge in [-0.1, -0.05) is 12.1 Å². The molecule has 0 radical (unpaired) electrons. The van der Waals surface area contributed by atoms with Crippen molar-refractivity contribution < 1.29 is 12.8 Å². The van der Waals surface area contributed by atoms with Crippen molar-refractivity contribution in [1.29, 1.82) is 0 Å². The Balaban J connectivity index is 2.14. The van der Waals surface area contributed by atoms with Crippen molar-refractivity contribution in [3.05, 3.63) is 42.0 Å². The van der Waals surface area contributed by atoms with E-state index >= 15 is 0 Å². The average molecular weight is 336 g/mol. The van der Waals surface area contributed by atoms with Gasteiger partial charge < -0.3 is 5.73 Å². The van der Waals surface area contributed by atoms with Gasteiger partial charge in [-0.2, -0.15) is 4.31 Å². The number of hydrogen-bond donors (Lipinski definition) is 1. The highest BCUT2D eigenvalue weighted by Crippen LogP contribution is 2.38. The number of nitrogen functional groups attached to an aromatic ring is 1. The van der Waals surface area contributed by atoms with E-state index < -0.39 is 16.1 Å². The van der Waals surface area contributed by atoms with Crippen LogP contribution in [0.2, 0.25) is 0 Å². The van der Waals surface area contributed by atoms with Crippen molar-refractivity contribution in [3.8, 4) is 11.1 Å². The molecular weight excluding hydrogens is 319 g/mol. The van der Waals surface area contributed by atoms with E-state index in [2.05, 4.69) is 9.97 Å². The number of benzene rings is 1. The lowest BCUT2D eigenvalue weighted by Crippen LogP contribution is -2.30. The number of anilines is 1. The van der Waals surface area contributed by atoms with Crippen LogP contribution in [0.15, 0.2) is 30.5 Å². The van der Waals surface area contributed by atoms with Gasteiger partial charge in [-0.05, 0) is 30.5 Å². The molecule has 0 saturated carbocycles. The first kappa shape index (κ1) is 15.8. The second-order valence-corrected chi connectivity index (χ2v) is 7.50. The highest BCUT2D eigenvalue weighted by molar-refractivity contribution is 7.88. The molecular formula is C15H17FN4O2S. The maximum atomic E-state index is 13.5. The molecule has 23 heavy (non-hydrogen) atoms. The zero-order chi connectivity index (χ0) is 16.6. The Hall–Kier alpha value is -2.06. The average Bonchev–Trinajstić information content (AvgIpc) is 2.96. The Labute approximate surface area is 134 Å². The molecule has 1 atom stereocenters. The van der Waals surface area contributed by atoms with E-state index in [-0.39, 0.29) is 11.8 Å². The topological polar surface area (TPSA) is 89.2 Å². The smallest absolute Gasteiger partial charge is 0.220 e. The third-order valence-electron chi connectivity index (χ3n) is 3.92. The Morgan fingerprint density at radius 1 is 1.39 bits per heavy atom. The second kappa shape index (κ2) is 5.86. The van der Waals surface area contributed by atoms with E-state index in [9.17, 15) is 12.8 Å². The molecule has 1 aliphatic heterocycles. The summed E-state index contributed by atoms with van der Waals surface area (Å²) in [7, 11) is -3.36. The van der Waals surface area contributed by atoms with Gasteiger partial charge in [0.1, 0.15) is 5.82 Å². The number of nitrogens with zero attached hydrogens (tertiary/aromatic N) is 3. The lowest BCUT2D eigenvalue weighted by molar-refractivity contribution is 0.394. The minimum atomic E-state index is -3.36. The summed E-state index contributed by atoms with van der Waals surface area (Å²) in [5.74, 6) is -0.308. The first-order chi connectivity index (χ1) is 10.9. The zero-order valence-electron chi connectivity index (χ0n) is 12.6. The SMILES string of the molecule is CS(=O)(=O)N1CCC[C@@H]1c1nc(N)ncc1-c1cccc(F)c1. The Morgan fingerprint density at radius 2 is 2.17 bits per heavy atom. The summed E-state index contributed by atoms with van der Waals surface area (Å²) >= 11 is 0. The van der Waals surface area contributed by atoms with E-state index in [4.69, 9.17) is 5.73 Å². The molecule has 2 N–H and O–H groups in total. The van der Waals surface area contributed by atoms with Crippen molar-refractivity contribution >= 4 is 16.0 Å². The third-order valence-corrected chi connectivity index (χ3v) is 5.21. The number of halogens is 1. The summed E-state index contributed by atoms with van der Waals surface area (Å²) in [4.78, 5) is 8.24. The lowest BCUT2D eigenvalue weighted by Gasteiger charge is -2.23. The number of nitrogens with two attached hydrogens (primary N) is 1. The van der Waals surface area contributed by atoms with Crippen molar-refractivity contribution in [2.75, 3.05) is 18.5 Å². The monoisotopic (exact) mass is 336 g/mol. The van der Waals surface area contributed by atoms with Crippen LogP contribution in [0.5, 0.6) is 0 Å². The lowest BCUT2D eigenvalue weighted by atomic mass is 10.0. The Morgan fingerprint density at radius 3 is 2.87 bits per heavy atom. The van der Waals surface area contributed by atoms with Crippen LogP contribution in [0, 0.1) is 5.82 Å². The van der Waals surface area contributed by atoms with Crippen LogP contribution in [0.1, 0.15) is 24.6 Å². The predicted molar refractivity (Wildman–Crippen MR) is 85.4 cm³/mol. The first-order valence-corrected chi connectivity index (χ1v) is 9.06. The molecule has 1 aromatic carbocycles. The summed E-state index contributed by atoms with van der Waals surface area (Å²) in [5, 5.41) is 0. The number of hydrogen-bond acceptors (Lipinski definition) is 5. The van der Waals surface area contributed by atoms with Crippen LogP contribution in [0.3, 0.4) is 0 Å². The molecule has 0 unspecified atom stereocenters. The zero-order valence-corrected chi connectivity index (χ0v) is 13.4. The number of rotatable bonds is 3. The van der Waals surface area contributed by atoms with E-state index in [0.29, 0.717) is 29.8 Å². The van der Waals surface area contributed by atoms with Gasteiger partial charge in [0.25, 0.3) is 0 Å². The third kappa shape index (κ3) is 3.18. The van der Waals surface area contributed by atoms with Gasteiger partial charge in [-0.25, -0.2) is 22.8 Å². The molecule has 0 bridgehead atoms. The minimum absolute atomic E-state index is 0.0699. The van der Waals surface area contributed by atoms with Crippen LogP contribution in [0.25, 0.3) is 11.1 Å². The van der Waals surface area contributed by atoms with E-state index in [1.807, 2.05) is 0 Å². The maximum Gasteiger partial charge on any atom is 0.220 e. The standard InChI is InChI=1S/C15H17FN4O2S/c1-23(21,22)20-7-3-6-13(20)14-12(9-18-15(17)19-14)10-4-2-5-11(16)8-10/h2,4-5,8-9,13H,3,6-7H2,1H3,(H2,17,18,19)/t13-/m1/s1. The van der Waals surface area contributed by atoms with Crippen molar-refractivity contribution in [2.45, 2.75) is 18.9 Å². The predicted octanol–water partition coefficient (Wildman–Crippen LogP) is 1.96. The van der Waals surface area contributed by atoms with Crippen molar-refractivity contribution in [1.82, 2.24) is 14.3 Å². The molecule has 1 saturated heterocycles. The molecule has 6 nitrogen and oxygen atoms in total. The molecule has 0 spiro atoms. The van der Waals surface area contributed by atoms with E-state index in [1.165, 1.54) is 28.9 Å². The summed E-state index contributed by atoms with van der Waals surface area (Å²) < 4.78 is 38.9. The van der Waals surface area contributed by atoms with Gasteiger partial charge in [0, 0.05) is 18.3 Å². The highest BCUT2D eigenvalue weighted by atomic mass is 32.2. The van der Waals surface area contributed by atoms with Crippen LogP contribution in [0.4, 0.5) is 10.3 Å². The summed E-state index contributed by atoms with van der Waals surface area (Å²) in [6, 6.07) is 5.64. The van der Waals surface area contributed by atoms with Crippen LogP contribution < -0.4 is 5.73 Å². The Kier molecular flexibility index (Phi) is 4.03. The fourth-order valence-electron chi connectivity index (χ4n) is 2.95. The first-order valence-electron chi connectivity index (χ1n) is 7.21. The molecule has 1 aromatic heterocycles. The number of sulfonamides is 1. The molecule has 2 heterocycles. The van der Waals surface area contributed by atoms with Gasteiger partial charge in [-0.3, -0.25) is 0 Å². The van der Waals surface area contributed by atoms with Crippen LogP contribution >= 0.6 is 0 Å². The molecule has 8 heteroatoms. The second-order valence-electron chi connectivity index (χ2n) is 5.57. The van der Waals surface area contributed by atoms with Gasteiger partial charge in [0.05, 0.1) is 18.0 Å². The molecule has 122 valence electrons. The highest BCUT2D eigenvalue weighted by Gasteiger charge is 2.35. The molecule has 0 amide bonds. The van der Waals surface area contributed by atoms with Crippen molar-refractivity contribution in [3.63, 3.8) is 0 Å². The van der Waals surface area contributed by atoms with E-state index in [0.717, 1.165) is 6.42 Å². The summed E-state index contributed by atoms with van der Waals surface area (Å²) in [5.41, 5.74) is 7.41. The minimum Gasteiger partial charge on any atom is -0.368 e. The van der Waals surface area contributed by atoms with Gasteiger partial charge >= 0.3 is 0 Å². The molecule has 0 aliphatic carbocycles. The van der Waals surface area contributed by atoms with Gasteiger partial charge in [0.15, 0.2) is 0 Å². The Bertz CT molecular complexity index is 841. The van der Waals surface area contributed by atoms with Gasteiger partial charge in [0.2, 0.25) is 16.0 Å². The number of aromatic nitrogens is 2. The van der Waals surface area contributed by atoms with Crippen LogP contribution in [-0.2, 0) is 10.0 Å². The molecule has 1 fully saturated rings. The van der Waals surface area contributed by atoms with E-state index in [1.54, 1.807) is 12.1 Å². The quantitative estimate of drug-likeness (QED) is 0.925. The fourth-order valence-corrected chi connectivity index (χ4v) is 4.08. The van der Waals surface area contributed by atoms with Crippen molar-refractivity contribution in [2.24, 2.45) is 0 Å². The molecule has 3 rings (SSSR count).